The van der Waals surface area contributed by atoms with Gasteiger partial charge in [-0.05, 0) is 18.1 Å². The molecule has 0 radical (unpaired) electrons. The fourth-order valence-electron chi connectivity index (χ4n) is 1.26. The van der Waals surface area contributed by atoms with Gasteiger partial charge in [-0.1, -0.05) is 13.8 Å². The van der Waals surface area contributed by atoms with Crippen molar-refractivity contribution in [2.75, 3.05) is 11.9 Å². The van der Waals surface area contributed by atoms with Gasteiger partial charge in [-0.15, -0.1) is 0 Å². The summed E-state index contributed by atoms with van der Waals surface area (Å²) in [5, 5.41) is 3.26. The van der Waals surface area contributed by atoms with Gasteiger partial charge in [0.25, 0.3) is 0 Å². The van der Waals surface area contributed by atoms with E-state index in [1.54, 1.807) is 12.4 Å². The maximum absolute atomic E-state index is 4.36. The van der Waals surface area contributed by atoms with Crippen molar-refractivity contribution < 1.29 is 0 Å². The molecule has 0 aromatic carbocycles. The predicted octanol–water partition coefficient (Wildman–Crippen LogP) is 2.09. The van der Waals surface area contributed by atoms with Crippen LogP contribution in [0.2, 0.25) is 0 Å². The predicted molar refractivity (Wildman–Crippen MR) is 60.7 cm³/mol. The van der Waals surface area contributed by atoms with Gasteiger partial charge in [-0.3, -0.25) is 4.98 Å². The molecular formula is C11H14N4. The highest BCUT2D eigenvalue weighted by molar-refractivity contribution is 5.71. The fourth-order valence-corrected chi connectivity index (χ4v) is 1.26. The van der Waals surface area contributed by atoms with Crippen LogP contribution in [-0.4, -0.2) is 21.5 Å². The number of hydrogen-bond acceptors (Lipinski definition) is 4. The van der Waals surface area contributed by atoms with Gasteiger partial charge in [-0.2, -0.15) is 0 Å². The highest BCUT2D eigenvalue weighted by Gasteiger charge is 1.99. The van der Waals surface area contributed by atoms with Crippen molar-refractivity contribution in [1.29, 1.82) is 0 Å². The van der Waals surface area contributed by atoms with Crippen LogP contribution in [0, 0.1) is 5.92 Å². The molecule has 4 nitrogen and oxygen atoms in total. The molecule has 4 heteroatoms. The number of rotatable bonds is 3. The lowest BCUT2D eigenvalue weighted by atomic mass is 10.2. The van der Waals surface area contributed by atoms with E-state index >= 15 is 0 Å². The second-order valence-corrected chi connectivity index (χ2v) is 3.87. The third-order valence-corrected chi connectivity index (χ3v) is 2.02. The Morgan fingerprint density at radius 1 is 1.20 bits per heavy atom. The number of nitrogens with one attached hydrogen (secondary N) is 1. The molecule has 2 rings (SSSR count). The average Bonchev–Trinajstić information content (AvgIpc) is 2.26. The Labute approximate surface area is 88.8 Å². The van der Waals surface area contributed by atoms with Crippen LogP contribution < -0.4 is 5.32 Å². The van der Waals surface area contributed by atoms with Crippen LogP contribution in [-0.2, 0) is 0 Å². The van der Waals surface area contributed by atoms with Crippen LogP contribution >= 0.6 is 0 Å². The zero-order valence-electron chi connectivity index (χ0n) is 8.94. The van der Waals surface area contributed by atoms with Crippen molar-refractivity contribution >= 4 is 17.0 Å². The van der Waals surface area contributed by atoms with E-state index in [0.29, 0.717) is 11.6 Å². The van der Waals surface area contributed by atoms with Gasteiger partial charge < -0.3 is 5.32 Å². The second kappa shape index (κ2) is 4.21. The first-order valence-corrected chi connectivity index (χ1v) is 5.07. The summed E-state index contributed by atoms with van der Waals surface area (Å²) in [7, 11) is 0. The Hall–Kier alpha value is -1.71. The summed E-state index contributed by atoms with van der Waals surface area (Å²) in [5.74, 6) is 1.46. The van der Waals surface area contributed by atoms with Gasteiger partial charge in [0.05, 0.1) is 0 Å². The van der Waals surface area contributed by atoms with Crippen LogP contribution in [0.1, 0.15) is 13.8 Å². The van der Waals surface area contributed by atoms with E-state index in [1.165, 1.54) is 0 Å². The quantitative estimate of drug-likeness (QED) is 0.828. The smallest absolute Gasteiger partial charge is 0.180 e. The lowest BCUT2D eigenvalue weighted by Gasteiger charge is -2.07. The van der Waals surface area contributed by atoms with E-state index in [1.807, 2.05) is 12.1 Å². The normalized spacial score (nSPS) is 10.9. The van der Waals surface area contributed by atoms with E-state index in [9.17, 15) is 0 Å². The summed E-state index contributed by atoms with van der Waals surface area (Å²) >= 11 is 0. The molecule has 2 aromatic heterocycles. The molecule has 2 aromatic rings. The van der Waals surface area contributed by atoms with Crippen molar-refractivity contribution in [2.45, 2.75) is 13.8 Å². The zero-order valence-corrected chi connectivity index (χ0v) is 8.94. The third-order valence-electron chi connectivity index (χ3n) is 2.02. The first-order chi connectivity index (χ1) is 7.25. The van der Waals surface area contributed by atoms with E-state index in [2.05, 4.69) is 34.1 Å². The molecule has 0 spiro atoms. The third kappa shape index (κ3) is 2.40. The fraction of sp³-hybridized carbons (Fsp3) is 0.364. The number of nitrogens with zero attached hydrogens (tertiary/aromatic N) is 3. The lowest BCUT2D eigenvalue weighted by Crippen LogP contribution is -2.09. The molecule has 0 saturated heterocycles. The Morgan fingerprint density at radius 2 is 2.00 bits per heavy atom. The molecule has 0 aliphatic rings. The molecule has 0 unspecified atom stereocenters. The van der Waals surface area contributed by atoms with E-state index < -0.39 is 0 Å². The number of pyridine rings is 1. The molecule has 78 valence electrons. The van der Waals surface area contributed by atoms with Gasteiger partial charge in [0.15, 0.2) is 5.65 Å². The van der Waals surface area contributed by atoms with Crippen LogP contribution in [0.5, 0.6) is 0 Å². The molecule has 0 atom stereocenters. The summed E-state index contributed by atoms with van der Waals surface area (Å²) in [6, 6.07) is 3.86. The van der Waals surface area contributed by atoms with Crippen LogP contribution in [0.3, 0.4) is 0 Å². The van der Waals surface area contributed by atoms with E-state index in [-0.39, 0.29) is 0 Å². The lowest BCUT2D eigenvalue weighted by molar-refractivity contribution is 0.687. The van der Waals surface area contributed by atoms with Crippen molar-refractivity contribution in [3.05, 3.63) is 24.5 Å². The minimum absolute atomic E-state index is 0.601. The average molecular weight is 202 g/mol. The Morgan fingerprint density at radius 3 is 2.80 bits per heavy atom. The molecule has 0 amide bonds. The van der Waals surface area contributed by atoms with Gasteiger partial charge >= 0.3 is 0 Å². The van der Waals surface area contributed by atoms with Gasteiger partial charge in [-0.25, -0.2) is 9.97 Å². The molecule has 0 bridgehead atoms. The van der Waals surface area contributed by atoms with Crippen molar-refractivity contribution in [2.24, 2.45) is 5.92 Å². The molecule has 0 aliphatic heterocycles. The Bertz CT molecular complexity index is 453. The standard InChI is InChI=1S/C11H14N4/c1-8(2)7-14-10-4-3-9-11(15-10)13-6-5-12-9/h3-6,8H,7H2,1-2H3,(H,13,14,15). The molecule has 15 heavy (non-hydrogen) atoms. The molecule has 0 fully saturated rings. The summed E-state index contributed by atoms with van der Waals surface area (Å²) in [6.07, 6.45) is 3.33. The summed E-state index contributed by atoms with van der Waals surface area (Å²) in [6.45, 7) is 5.24. The highest BCUT2D eigenvalue weighted by Crippen LogP contribution is 2.10. The van der Waals surface area contributed by atoms with Gasteiger partial charge in [0.2, 0.25) is 0 Å². The number of aromatic nitrogens is 3. The largest absolute Gasteiger partial charge is 0.370 e. The monoisotopic (exact) mass is 202 g/mol. The highest BCUT2D eigenvalue weighted by atomic mass is 15.0. The van der Waals surface area contributed by atoms with Crippen molar-refractivity contribution in [3.8, 4) is 0 Å². The molecule has 0 saturated carbocycles. The molecule has 1 N–H and O–H groups in total. The number of anilines is 1. The Kier molecular flexibility index (Phi) is 2.76. The summed E-state index contributed by atoms with van der Waals surface area (Å²) in [4.78, 5) is 12.7. The van der Waals surface area contributed by atoms with E-state index in [0.717, 1.165) is 17.9 Å². The van der Waals surface area contributed by atoms with Crippen LogP contribution in [0.25, 0.3) is 11.2 Å². The second-order valence-electron chi connectivity index (χ2n) is 3.87. The first-order valence-electron chi connectivity index (χ1n) is 5.07. The van der Waals surface area contributed by atoms with Crippen molar-refractivity contribution in [3.63, 3.8) is 0 Å². The molecular weight excluding hydrogens is 188 g/mol. The summed E-state index contributed by atoms with van der Waals surface area (Å²) < 4.78 is 0. The van der Waals surface area contributed by atoms with E-state index in [4.69, 9.17) is 0 Å². The van der Waals surface area contributed by atoms with Gasteiger partial charge in [0, 0.05) is 18.9 Å². The van der Waals surface area contributed by atoms with Crippen LogP contribution in [0.15, 0.2) is 24.5 Å². The number of fused-ring (bicyclic) bond motifs is 1. The molecule has 0 aliphatic carbocycles. The molecule has 2 heterocycles. The minimum Gasteiger partial charge on any atom is -0.370 e. The maximum atomic E-state index is 4.36. The van der Waals surface area contributed by atoms with Crippen molar-refractivity contribution in [1.82, 2.24) is 15.0 Å². The topological polar surface area (TPSA) is 50.7 Å². The van der Waals surface area contributed by atoms with Gasteiger partial charge in [0.1, 0.15) is 11.3 Å². The first kappa shape index (κ1) is 9.83. The Balaban J connectivity index is 2.23. The zero-order chi connectivity index (χ0) is 10.7. The SMILES string of the molecule is CC(C)CNc1ccc2nccnc2n1. The van der Waals surface area contributed by atoms with Crippen LogP contribution in [0.4, 0.5) is 5.82 Å². The maximum Gasteiger partial charge on any atom is 0.180 e. The summed E-state index contributed by atoms with van der Waals surface area (Å²) in [5.41, 5.74) is 1.51. The number of hydrogen-bond donors (Lipinski definition) is 1. The minimum atomic E-state index is 0.601.